The highest BCUT2D eigenvalue weighted by Gasteiger charge is 2.49. The average molecular weight is 517 g/mol. The highest BCUT2D eigenvalue weighted by molar-refractivity contribution is 7.86. The van der Waals surface area contributed by atoms with Crippen molar-refractivity contribution in [1.82, 2.24) is 0 Å². The first kappa shape index (κ1) is 26.7. The first-order valence-corrected chi connectivity index (χ1v) is 14.0. The van der Waals surface area contributed by atoms with Crippen LogP contribution in [0.4, 0.5) is 0 Å². The van der Waals surface area contributed by atoms with Gasteiger partial charge in [-0.1, -0.05) is 60.7 Å². The van der Waals surface area contributed by atoms with Crippen molar-refractivity contribution in [3.63, 3.8) is 0 Å². The molecule has 1 unspecified atom stereocenters. The van der Waals surface area contributed by atoms with Gasteiger partial charge < -0.3 is 19.3 Å². The van der Waals surface area contributed by atoms with Crippen molar-refractivity contribution in [3.05, 3.63) is 71.8 Å². The minimum absolute atomic E-state index is 0.0483. The molecular weight excluding hydrogens is 488 g/mol. The molecule has 2 aromatic carbocycles. The quantitative estimate of drug-likeness (QED) is 0.434. The summed E-state index contributed by atoms with van der Waals surface area (Å²) in [6.07, 6.45) is -4.81. The van der Waals surface area contributed by atoms with E-state index in [9.17, 15) is 21.9 Å². The van der Waals surface area contributed by atoms with Gasteiger partial charge in [0.2, 0.25) is 0 Å². The summed E-state index contributed by atoms with van der Waals surface area (Å²) in [5.74, 6) is 0. The van der Waals surface area contributed by atoms with Gasteiger partial charge in [-0.3, -0.25) is 8.37 Å². The molecule has 0 aliphatic carbocycles. The van der Waals surface area contributed by atoms with Crippen molar-refractivity contribution >= 4 is 20.2 Å². The Balaban J connectivity index is 1.88. The third kappa shape index (κ3) is 8.40. The molecule has 0 saturated carbocycles. The lowest BCUT2D eigenvalue weighted by Gasteiger charge is -2.43. The molecule has 1 heterocycles. The zero-order valence-electron chi connectivity index (χ0n) is 18.7. The molecule has 34 heavy (non-hydrogen) atoms. The number of hydrogen-bond donors (Lipinski definition) is 1. The summed E-state index contributed by atoms with van der Waals surface area (Å²) in [7, 11) is -7.92. The summed E-state index contributed by atoms with van der Waals surface area (Å²) in [4.78, 5) is 0. The van der Waals surface area contributed by atoms with Crippen LogP contribution in [0.1, 0.15) is 11.1 Å². The molecule has 1 saturated heterocycles. The normalized spacial score (nSPS) is 25.8. The van der Waals surface area contributed by atoms with Gasteiger partial charge in [0.1, 0.15) is 24.4 Å². The first-order chi connectivity index (χ1) is 16.0. The summed E-state index contributed by atoms with van der Waals surface area (Å²) in [5, 5.41) is 10.7. The molecule has 0 bridgehead atoms. The van der Waals surface area contributed by atoms with Crippen LogP contribution >= 0.6 is 0 Å². The molecule has 1 aliphatic rings. The maximum absolute atomic E-state index is 12.0. The zero-order valence-corrected chi connectivity index (χ0v) is 20.4. The maximum Gasteiger partial charge on any atom is 0.264 e. The van der Waals surface area contributed by atoms with Crippen molar-refractivity contribution in [3.8, 4) is 0 Å². The maximum atomic E-state index is 12.0. The molecule has 2 aromatic rings. The lowest BCUT2D eigenvalue weighted by atomic mass is 9.98. The highest BCUT2D eigenvalue weighted by atomic mass is 32.2. The standard InChI is InChI=1S/C22H28O10S2/c1-33(24,25)30-15-18-19(32-34(2,26)27)20(28-13-16-9-5-3-6-10-16)21(22(23)31-18)29-14-17-11-7-4-8-12-17/h3-12,18-23H,13-15H2,1-2H3/t18-,19-,20+,21-,22?/m1/s1. The summed E-state index contributed by atoms with van der Waals surface area (Å²) >= 11 is 0. The second kappa shape index (κ2) is 11.7. The van der Waals surface area contributed by atoms with Gasteiger partial charge in [-0.15, -0.1) is 0 Å². The molecule has 10 nitrogen and oxygen atoms in total. The largest absolute Gasteiger partial charge is 0.368 e. The Morgan fingerprint density at radius 3 is 1.74 bits per heavy atom. The summed E-state index contributed by atoms with van der Waals surface area (Å²) in [6.45, 7) is -0.466. The van der Waals surface area contributed by atoms with E-state index in [-0.39, 0.29) is 13.2 Å². The van der Waals surface area contributed by atoms with E-state index in [4.69, 9.17) is 22.6 Å². The van der Waals surface area contributed by atoms with Crippen LogP contribution in [0.25, 0.3) is 0 Å². The number of hydrogen-bond acceptors (Lipinski definition) is 10. The number of aliphatic hydroxyl groups is 1. The monoisotopic (exact) mass is 516 g/mol. The van der Waals surface area contributed by atoms with Crippen LogP contribution in [0, 0.1) is 0 Å². The topological polar surface area (TPSA) is 135 Å². The minimum Gasteiger partial charge on any atom is -0.368 e. The van der Waals surface area contributed by atoms with E-state index in [2.05, 4.69) is 0 Å². The van der Waals surface area contributed by atoms with Crippen LogP contribution in [0.2, 0.25) is 0 Å². The molecular formula is C22H28O10S2. The minimum atomic E-state index is -4.04. The lowest BCUT2D eigenvalue weighted by molar-refractivity contribution is -0.301. The summed E-state index contributed by atoms with van der Waals surface area (Å²) in [5.41, 5.74) is 1.59. The van der Waals surface area contributed by atoms with Gasteiger partial charge in [0, 0.05) is 0 Å². The van der Waals surface area contributed by atoms with Crippen molar-refractivity contribution in [2.75, 3.05) is 19.1 Å². The number of aliphatic hydroxyl groups excluding tert-OH is 1. The summed E-state index contributed by atoms with van der Waals surface area (Å²) in [6, 6.07) is 18.2. The molecule has 0 radical (unpaired) electrons. The smallest absolute Gasteiger partial charge is 0.264 e. The van der Waals surface area contributed by atoms with Gasteiger partial charge in [0.15, 0.2) is 6.29 Å². The van der Waals surface area contributed by atoms with Gasteiger partial charge in [0.25, 0.3) is 20.2 Å². The Morgan fingerprint density at radius 1 is 0.765 bits per heavy atom. The molecule has 5 atom stereocenters. The van der Waals surface area contributed by atoms with Crippen LogP contribution in [-0.2, 0) is 56.0 Å². The predicted octanol–water partition coefficient (Wildman–Crippen LogP) is 1.20. The zero-order chi connectivity index (χ0) is 24.8. The third-order valence-electron chi connectivity index (χ3n) is 4.91. The number of ether oxygens (including phenoxy) is 3. The summed E-state index contributed by atoms with van der Waals surface area (Å²) < 4.78 is 74.5. The third-order valence-corrected chi connectivity index (χ3v) is 6.05. The van der Waals surface area contributed by atoms with Crippen LogP contribution in [0.15, 0.2) is 60.7 Å². The predicted molar refractivity (Wildman–Crippen MR) is 121 cm³/mol. The van der Waals surface area contributed by atoms with Crippen LogP contribution in [0.3, 0.4) is 0 Å². The molecule has 1 aliphatic heterocycles. The molecule has 1 fully saturated rings. The van der Waals surface area contributed by atoms with Crippen LogP contribution < -0.4 is 0 Å². The van der Waals surface area contributed by atoms with Gasteiger partial charge in [-0.2, -0.15) is 16.8 Å². The SMILES string of the molecule is CS(=O)(=O)OC[C@H]1OC(O)[C@H](OCc2ccccc2)[C@@H](OCc2ccccc2)[C@@H]1OS(C)(=O)=O. The molecule has 188 valence electrons. The lowest BCUT2D eigenvalue weighted by Crippen LogP contribution is -2.61. The van der Waals surface area contributed by atoms with E-state index in [0.29, 0.717) is 0 Å². The van der Waals surface area contributed by atoms with Gasteiger partial charge >= 0.3 is 0 Å². The fourth-order valence-electron chi connectivity index (χ4n) is 3.44. The van der Waals surface area contributed by atoms with Crippen molar-refractivity contribution in [1.29, 1.82) is 0 Å². The Kier molecular flexibility index (Phi) is 9.18. The molecule has 3 rings (SSSR count). The Labute approximate surface area is 199 Å². The van der Waals surface area contributed by atoms with E-state index in [1.54, 1.807) is 0 Å². The Morgan fingerprint density at radius 2 is 1.26 bits per heavy atom. The average Bonchev–Trinajstić information content (AvgIpc) is 2.77. The Bertz CT molecular complexity index is 1110. The van der Waals surface area contributed by atoms with Crippen molar-refractivity contribution < 1.29 is 44.5 Å². The van der Waals surface area contributed by atoms with Crippen molar-refractivity contribution in [2.45, 2.75) is 43.9 Å². The van der Waals surface area contributed by atoms with E-state index in [1.807, 2.05) is 60.7 Å². The fraction of sp³-hybridized carbons (Fsp3) is 0.455. The van der Waals surface area contributed by atoms with E-state index in [0.717, 1.165) is 23.6 Å². The van der Waals surface area contributed by atoms with E-state index in [1.165, 1.54) is 0 Å². The van der Waals surface area contributed by atoms with Gasteiger partial charge in [-0.05, 0) is 11.1 Å². The van der Waals surface area contributed by atoms with Gasteiger partial charge in [-0.25, -0.2) is 0 Å². The van der Waals surface area contributed by atoms with E-state index < -0.39 is 57.5 Å². The molecule has 1 N–H and O–H groups in total. The number of benzene rings is 2. The fourth-order valence-corrected chi connectivity index (χ4v) is 4.46. The molecule has 12 heteroatoms. The van der Waals surface area contributed by atoms with Crippen LogP contribution in [-0.4, -0.2) is 71.8 Å². The van der Waals surface area contributed by atoms with Crippen LogP contribution in [0.5, 0.6) is 0 Å². The van der Waals surface area contributed by atoms with Gasteiger partial charge in [0.05, 0.1) is 32.3 Å². The first-order valence-electron chi connectivity index (χ1n) is 10.4. The van der Waals surface area contributed by atoms with Crippen molar-refractivity contribution in [2.24, 2.45) is 0 Å². The molecule has 0 spiro atoms. The highest BCUT2D eigenvalue weighted by Crippen LogP contribution is 2.30. The second-order valence-corrected chi connectivity index (χ2v) is 11.1. The second-order valence-electron chi connectivity index (χ2n) is 7.84. The Hall–Kier alpha value is -1.90. The van der Waals surface area contributed by atoms with E-state index >= 15 is 0 Å². The molecule has 0 amide bonds. The molecule has 0 aromatic heterocycles. The number of rotatable bonds is 11.